The quantitative estimate of drug-likeness (QED) is 0.918. The van der Waals surface area contributed by atoms with Gasteiger partial charge in [-0.25, -0.2) is 4.98 Å². The van der Waals surface area contributed by atoms with Crippen LogP contribution in [0, 0.1) is 13.8 Å². The number of rotatable bonds is 4. The Kier molecular flexibility index (Phi) is 4.38. The van der Waals surface area contributed by atoms with E-state index >= 15 is 0 Å². The van der Waals surface area contributed by atoms with Gasteiger partial charge >= 0.3 is 0 Å². The Hall–Kier alpha value is -0.900. The Morgan fingerprint density at radius 2 is 2.17 bits per heavy atom. The van der Waals surface area contributed by atoms with Crippen LogP contribution < -0.4 is 5.32 Å². The van der Waals surface area contributed by atoms with Gasteiger partial charge in [0, 0.05) is 28.6 Å². The Morgan fingerprint density at radius 3 is 2.78 bits per heavy atom. The summed E-state index contributed by atoms with van der Waals surface area (Å²) in [5, 5.41) is 7.38. The summed E-state index contributed by atoms with van der Waals surface area (Å²) in [6, 6.07) is 6.29. The summed E-state index contributed by atoms with van der Waals surface area (Å²) in [5.74, 6) is 0. The maximum Gasteiger partial charge on any atom is 0.0947 e. The third-order valence-electron chi connectivity index (χ3n) is 3.01. The molecule has 0 bridgehead atoms. The molecule has 0 fully saturated rings. The van der Waals surface area contributed by atoms with Gasteiger partial charge in [0.2, 0.25) is 0 Å². The van der Waals surface area contributed by atoms with Gasteiger partial charge in [-0.3, -0.25) is 0 Å². The lowest BCUT2D eigenvalue weighted by Gasteiger charge is -2.18. The summed E-state index contributed by atoms with van der Waals surface area (Å²) < 4.78 is 0. The molecule has 2 aromatic rings. The number of nitrogens with one attached hydrogen (secondary N) is 1. The van der Waals surface area contributed by atoms with Crippen LogP contribution >= 0.6 is 22.9 Å². The average Bonchev–Trinajstić information content (AvgIpc) is 2.75. The Bertz CT molecular complexity index is 536. The molecule has 0 spiro atoms. The van der Waals surface area contributed by atoms with Crippen LogP contribution in [0.15, 0.2) is 23.6 Å². The molecule has 0 radical (unpaired) electrons. The van der Waals surface area contributed by atoms with Crippen LogP contribution in [-0.2, 0) is 6.42 Å². The van der Waals surface area contributed by atoms with Crippen molar-refractivity contribution in [2.45, 2.75) is 26.3 Å². The fourth-order valence-corrected chi connectivity index (χ4v) is 3.02. The van der Waals surface area contributed by atoms with E-state index in [0.717, 1.165) is 22.1 Å². The molecule has 96 valence electrons. The maximum atomic E-state index is 6.08. The van der Waals surface area contributed by atoms with Crippen LogP contribution in [0.1, 0.15) is 27.9 Å². The number of aryl methyl sites for hydroxylation is 2. The predicted molar refractivity (Wildman–Crippen MR) is 78.5 cm³/mol. The minimum atomic E-state index is 0.259. The van der Waals surface area contributed by atoms with Crippen molar-refractivity contribution in [1.29, 1.82) is 0 Å². The van der Waals surface area contributed by atoms with E-state index in [0.29, 0.717) is 0 Å². The van der Waals surface area contributed by atoms with Crippen molar-refractivity contribution < 1.29 is 0 Å². The van der Waals surface area contributed by atoms with Crippen molar-refractivity contribution in [1.82, 2.24) is 10.3 Å². The summed E-state index contributed by atoms with van der Waals surface area (Å²) in [6.07, 6.45) is 0.899. The molecule has 0 saturated heterocycles. The Labute approximate surface area is 117 Å². The van der Waals surface area contributed by atoms with Crippen LogP contribution in [0.4, 0.5) is 0 Å². The van der Waals surface area contributed by atoms with Gasteiger partial charge in [0.15, 0.2) is 0 Å². The van der Waals surface area contributed by atoms with Gasteiger partial charge in [-0.1, -0.05) is 17.7 Å². The Balaban J connectivity index is 2.25. The molecule has 1 aromatic heterocycles. The normalized spacial score (nSPS) is 12.7. The van der Waals surface area contributed by atoms with E-state index in [-0.39, 0.29) is 6.04 Å². The van der Waals surface area contributed by atoms with Crippen molar-refractivity contribution in [3.63, 3.8) is 0 Å². The standard InChI is InChI=1S/C14H17ClN2S/c1-9-4-5-11(15)6-12(9)13(16-3)7-14-17-10(2)8-18-14/h4-6,8,13,16H,7H2,1-3H3. The van der Waals surface area contributed by atoms with Crippen molar-refractivity contribution in [2.24, 2.45) is 0 Å². The molecule has 0 amide bonds. The number of halogens is 1. The van der Waals surface area contributed by atoms with Crippen LogP contribution in [0.2, 0.25) is 5.02 Å². The third kappa shape index (κ3) is 3.10. The lowest BCUT2D eigenvalue weighted by molar-refractivity contribution is 0.587. The van der Waals surface area contributed by atoms with Gasteiger partial charge in [-0.2, -0.15) is 0 Å². The number of hydrogen-bond donors (Lipinski definition) is 1. The van der Waals surface area contributed by atoms with E-state index in [9.17, 15) is 0 Å². The van der Waals surface area contributed by atoms with Crippen molar-refractivity contribution in [3.8, 4) is 0 Å². The van der Waals surface area contributed by atoms with E-state index in [2.05, 4.69) is 28.7 Å². The summed E-state index contributed by atoms with van der Waals surface area (Å²) in [4.78, 5) is 4.52. The zero-order valence-electron chi connectivity index (χ0n) is 10.8. The van der Waals surface area contributed by atoms with Crippen molar-refractivity contribution in [3.05, 3.63) is 50.4 Å². The molecule has 4 heteroatoms. The lowest BCUT2D eigenvalue weighted by Crippen LogP contribution is -2.19. The second-order valence-corrected chi connectivity index (χ2v) is 5.81. The second-order valence-electron chi connectivity index (χ2n) is 4.43. The van der Waals surface area contributed by atoms with Gasteiger partial charge in [-0.15, -0.1) is 11.3 Å². The molecule has 18 heavy (non-hydrogen) atoms. The molecule has 1 N–H and O–H groups in total. The molecule has 0 aliphatic carbocycles. The SMILES string of the molecule is CNC(Cc1nc(C)cs1)c1cc(Cl)ccc1C. The summed E-state index contributed by atoms with van der Waals surface area (Å²) >= 11 is 7.80. The van der Waals surface area contributed by atoms with Gasteiger partial charge in [0.1, 0.15) is 0 Å². The van der Waals surface area contributed by atoms with E-state index in [1.165, 1.54) is 11.1 Å². The lowest BCUT2D eigenvalue weighted by atomic mass is 9.99. The highest BCUT2D eigenvalue weighted by Gasteiger charge is 2.14. The number of benzene rings is 1. The first-order valence-electron chi connectivity index (χ1n) is 5.94. The molecule has 1 atom stereocenters. The largest absolute Gasteiger partial charge is 0.313 e. The third-order valence-corrected chi connectivity index (χ3v) is 4.23. The molecule has 1 unspecified atom stereocenters. The molecule has 1 heterocycles. The van der Waals surface area contributed by atoms with E-state index in [4.69, 9.17) is 11.6 Å². The van der Waals surface area contributed by atoms with Gasteiger partial charge in [-0.05, 0) is 44.2 Å². The molecule has 0 saturated carbocycles. The van der Waals surface area contributed by atoms with E-state index in [1.807, 2.05) is 26.1 Å². The summed E-state index contributed by atoms with van der Waals surface area (Å²) in [5.41, 5.74) is 3.59. The fourth-order valence-electron chi connectivity index (χ4n) is 2.03. The first kappa shape index (κ1) is 13.5. The molecular formula is C14H17ClN2S. The minimum Gasteiger partial charge on any atom is -0.313 e. The highest BCUT2D eigenvalue weighted by atomic mass is 35.5. The second kappa shape index (κ2) is 5.83. The number of nitrogens with zero attached hydrogens (tertiary/aromatic N) is 1. The van der Waals surface area contributed by atoms with E-state index in [1.54, 1.807) is 11.3 Å². The molecule has 2 rings (SSSR count). The summed E-state index contributed by atoms with van der Waals surface area (Å²) in [7, 11) is 1.98. The van der Waals surface area contributed by atoms with E-state index < -0.39 is 0 Å². The molecule has 1 aromatic carbocycles. The fraction of sp³-hybridized carbons (Fsp3) is 0.357. The van der Waals surface area contributed by atoms with Gasteiger partial charge in [0.05, 0.1) is 5.01 Å². The number of likely N-dealkylation sites (N-methyl/N-ethyl adjacent to an activating group) is 1. The maximum absolute atomic E-state index is 6.08. The van der Waals surface area contributed by atoms with Crippen LogP contribution in [0.25, 0.3) is 0 Å². The van der Waals surface area contributed by atoms with Crippen molar-refractivity contribution in [2.75, 3.05) is 7.05 Å². The molecular weight excluding hydrogens is 264 g/mol. The monoisotopic (exact) mass is 280 g/mol. The predicted octanol–water partition coefficient (Wildman–Crippen LogP) is 3.92. The van der Waals surface area contributed by atoms with Gasteiger partial charge in [0.25, 0.3) is 0 Å². The average molecular weight is 281 g/mol. The minimum absolute atomic E-state index is 0.259. The molecule has 0 aliphatic rings. The first-order valence-corrected chi connectivity index (χ1v) is 7.20. The van der Waals surface area contributed by atoms with Crippen LogP contribution in [0.3, 0.4) is 0 Å². The highest BCUT2D eigenvalue weighted by Crippen LogP contribution is 2.25. The topological polar surface area (TPSA) is 24.9 Å². The van der Waals surface area contributed by atoms with Crippen LogP contribution in [0.5, 0.6) is 0 Å². The first-order chi connectivity index (χ1) is 8.60. The zero-order chi connectivity index (χ0) is 13.1. The van der Waals surface area contributed by atoms with Gasteiger partial charge < -0.3 is 5.32 Å². The number of aromatic nitrogens is 1. The zero-order valence-corrected chi connectivity index (χ0v) is 12.4. The molecule has 0 aliphatic heterocycles. The highest BCUT2D eigenvalue weighted by molar-refractivity contribution is 7.09. The number of hydrogen-bond acceptors (Lipinski definition) is 3. The van der Waals surface area contributed by atoms with Crippen LogP contribution in [-0.4, -0.2) is 12.0 Å². The Morgan fingerprint density at radius 1 is 1.39 bits per heavy atom. The summed E-state index contributed by atoms with van der Waals surface area (Å²) in [6.45, 7) is 4.14. The number of thiazole rings is 1. The molecule has 2 nitrogen and oxygen atoms in total. The smallest absolute Gasteiger partial charge is 0.0947 e. The van der Waals surface area contributed by atoms with Crippen molar-refractivity contribution >= 4 is 22.9 Å².